The Kier molecular flexibility index (Phi) is 12.6. The van der Waals surface area contributed by atoms with Crippen molar-refractivity contribution in [2.45, 2.75) is 44.9 Å². The third-order valence-corrected chi connectivity index (χ3v) is 2.00. The van der Waals surface area contributed by atoms with Crippen LogP contribution in [0.1, 0.15) is 44.9 Å². The summed E-state index contributed by atoms with van der Waals surface area (Å²) in [4.78, 5) is 20.8. The van der Waals surface area contributed by atoms with Crippen molar-refractivity contribution < 1.29 is 19.4 Å². The number of esters is 1. The van der Waals surface area contributed by atoms with E-state index in [2.05, 4.69) is 4.74 Å². The zero-order valence-corrected chi connectivity index (χ0v) is 9.85. The molecule has 0 atom stereocenters. The van der Waals surface area contributed by atoms with E-state index < -0.39 is 5.97 Å². The summed E-state index contributed by atoms with van der Waals surface area (Å²) in [5.74, 6) is -0.907. The lowest BCUT2D eigenvalue weighted by molar-refractivity contribution is -0.140. The monoisotopic (exact) mass is 238 g/mol. The van der Waals surface area contributed by atoms with Crippen molar-refractivity contribution in [2.24, 2.45) is 0 Å². The number of hydrogen-bond acceptors (Lipinski definition) is 3. The van der Waals surface area contributed by atoms with Gasteiger partial charge in [0.15, 0.2) is 0 Å². The number of methoxy groups -OCH3 is 1. The van der Waals surface area contributed by atoms with Gasteiger partial charge in [0.2, 0.25) is 0 Å². The molecular weight excluding hydrogens is 220 g/mol. The van der Waals surface area contributed by atoms with Gasteiger partial charge in [-0.1, -0.05) is 19.3 Å². The molecule has 0 spiro atoms. The molecule has 0 aromatic carbocycles. The first-order valence-electron chi connectivity index (χ1n) is 4.95. The zero-order valence-electron chi connectivity index (χ0n) is 9.03. The van der Waals surface area contributed by atoms with Crippen LogP contribution in [0.2, 0.25) is 0 Å². The van der Waals surface area contributed by atoms with Gasteiger partial charge in [-0.3, -0.25) is 9.59 Å². The highest BCUT2D eigenvalue weighted by atomic mass is 35.5. The van der Waals surface area contributed by atoms with Crippen LogP contribution in [0.15, 0.2) is 0 Å². The third kappa shape index (κ3) is 13.2. The Hall–Kier alpha value is -0.770. The van der Waals surface area contributed by atoms with Gasteiger partial charge >= 0.3 is 11.9 Å². The Morgan fingerprint density at radius 3 is 1.93 bits per heavy atom. The van der Waals surface area contributed by atoms with E-state index in [0.29, 0.717) is 6.42 Å². The zero-order chi connectivity index (χ0) is 10.8. The molecule has 0 radical (unpaired) electrons. The summed E-state index contributed by atoms with van der Waals surface area (Å²) in [6.45, 7) is 0. The SMILES string of the molecule is COC(=O)CCCCCCCC(=O)O.Cl. The number of hydrogen-bond donors (Lipinski definition) is 1. The molecule has 4 nitrogen and oxygen atoms in total. The lowest BCUT2D eigenvalue weighted by Gasteiger charge is -1.99. The van der Waals surface area contributed by atoms with E-state index in [9.17, 15) is 9.59 Å². The molecular formula is C10H19ClO4. The highest BCUT2D eigenvalue weighted by Gasteiger charge is 2.00. The molecule has 90 valence electrons. The van der Waals surface area contributed by atoms with Crippen LogP contribution < -0.4 is 0 Å². The van der Waals surface area contributed by atoms with Gasteiger partial charge < -0.3 is 9.84 Å². The molecule has 0 aromatic heterocycles. The Morgan fingerprint density at radius 2 is 1.47 bits per heavy atom. The van der Waals surface area contributed by atoms with E-state index in [4.69, 9.17) is 5.11 Å². The quantitative estimate of drug-likeness (QED) is 0.521. The number of rotatable bonds is 8. The number of carbonyl (C=O) groups excluding carboxylic acids is 1. The fraction of sp³-hybridized carbons (Fsp3) is 0.800. The predicted molar refractivity (Wildman–Crippen MR) is 59.2 cm³/mol. The molecule has 15 heavy (non-hydrogen) atoms. The minimum absolute atomic E-state index is 0. The topological polar surface area (TPSA) is 63.6 Å². The second-order valence-corrected chi connectivity index (χ2v) is 3.24. The summed E-state index contributed by atoms with van der Waals surface area (Å²) >= 11 is 0. The first-order chi connectivity index (χ1) is 6.66. The van der Waals surface area contributed by atoms with E-state index in [1.165, 1.54) is 7.11 Å². The third-order valence-electron chi connectivity index (χ3n) is 2.00. The van der Waals surface area contributed by atoms with Gasteiger partial charge in [-0.2, -0.15) is 0 Å². The van der Waals surface area contributed by atoms with E-state index in [1.54, 1.807) is 0 Å². The molecule has 0 rings (SSSR count). The van der Waals surface area contributed by atoms with Crippen LogP contribution in [0.4, 0.5) is 0 Å². The van der Waals surface area contributed by atoms with Crippen LogP contribution in [-0.2, 0) is 14.3 Å². The summed E-state index contributed by atoms with van der Waals surface area (Å²) in [6, 6.07) is 0. The molecule has 1 N–H and O–H groups in total. The van der Waals surface area contributed by atoms with E-state index in [1.807, 2.05) is 0 Å². The van der Waals surface area contributed by atoms with Crippen LogP contribution in [0.3, 0.4) is 0 Å². The molecule has 0 amide bonds. The summed E-state index contributed by atoms with van der Waals surface area (Å²) < 4.78 is 4.49. The summed E-state index contributed by atoms with van der Waals surface area (Å²) in [5, 5.41) is 8.36. The van der Waals surface area contributed by atoms with Crippen molar-refractivity contribution >= 4 is 24.3 Å². The largest absolute Gasteiger partial charge is 0.481 e. The number of aliphatic carboxylic acids is 1. The maximum Gasteiger partial charge on any atom is 0.305 e. The molecule has 0 fully saturated rings. The molecule has 0 saturated heterocycles. The number of ether oxygens (including phenoxy) is 1. The summed E-state index contributed by atoms with van der Waals surface area (Å²) in [7, 11) is 1.38. The van der Waals surface area contributed by atoms with Crippen molar-refractivity contribution in [3.8, 4) is 0 Å². The molecule has 0 aromatic rings. The second-order valence-electron chi connectivity index (χ2n) is 3.24. The van der Waals surface area contributed by atoms with Gasteiger partial charge in [-0.15, -0.1) is 12.4 Å². The first-order valence-corrected chi connectivity index (χ1v) is 4.95. The van der Waals surface area contributed by atoms with Crippen LogP contribution >= 0.6 is 12.4 Å². The maximum atomic E-state index is 10.7. The minimum Gasteiger partial charge on any atom is -0.481 e. The van der Waals surface area contributed by atoms with Gasteiger partial charge in [0.25, 0.3) is 0 Å². The molecule has 0 unspecified atom stereocenters. The smallest absolute Gasteiger partial charge is 0.305 e. The molecule has 0 aliphatic carbocycles. The van der Waals surface area contributed by atoms with Crippen molar-refractivity contribution in [2.75, 3.05) is 7.11 Å². The molecule has 0 aliphatic rings. The molecule has 5 heteroatoms. The van der Waals surface area contributed by atoms with E-state index >= 15 is 0 Å². The molecule has 0 bridgehead atoms. The number of unbranched alkanes of at least 4 members (excludes halogenated alkanes) is 4. The molecule has 0 aliphatic heterocycles. The van der Waals surface area contributed by atoms with Gasteiger partial charge in [-0.05, 0) is 12.8 Å². The van der Waals surface area contributed by atoms with Crippen molar-refractivity contribution in [3.63, 3.8) is 0 Å². The standard InChI is InChI=1S/C10H18O4.ClH/c1-14-10(13)8-6-4-2-3-5-7-9(11)12;/h2-8H2,1H3,(H,11,12);1H. The number of carboxylic acids is 1. The van der Waals surface area contributed by atoms with Crippen LogP contribution in [0.25, 0.3) is 0 Å². The second kappa shape index (κ2) is 11.3. The van der Waals surface area contributed by atoms with Crippen molar-refractivity contribution in [1.82, 2.24) is 0 Å². The van der Waals surface area contributed by atoms with Gasteiger partial charge in [0.1, 0.15) is 0 Å². The van der Waals surface area contributed by atoms with Crippen molar-refractivity contribution in [3.05, 3.63) is 0 Å². The molecule has 0 saturated carbocycles. The highest BCUT2D eigenvalue weighted by Crippen LogP contribution is 2.07. The minimum atomic E-state index is -0.737. The predicted octanol–water partition coefficient (Wildman–Crippen LogP) is 2.40. The van der Waals surface area contributed by atoms with Gasteiger partial charge in [0.05, 0.1) is 7.11 Å². The van der Waals surface area contributed by atoms with Crippen LogP contribution in [0, 0.1) is 0 Å². The van der Waals surface area contributed by atoms with Gasteiger partial charge in [-0.25, -0.2) is 0 Å². The Morgan fingerprint density at radius 1 is 1.00 bits per heavy atom. The highest BCUT2D eigenvalue weighted by molar-refractivity contribution is 5.85. The van der Waals surface area contributed by atoms with Crippen LogP contribution in [-0.4, -0.2) is 24.2 Å². The lowest BCUT2D eigenvalue weighted by Crippen LogP contribution is -1.99. The normalized spacial score (nSPS) is 9.13. The maximum absolute atomic E-state index is 10.7. The average Bonchev–Trinajstić information content (AvgIpc) is 2.15. The Balaban J connectivity index is 0. The van der Waals surface area contributed by atoms with Crippen molar-refractivity contribution in [1.29, 1.82) is 0 Å². The fourth-order valence-electron chi connectivity index (χ4n) is 1.18. The Bertz CT molecular complexity index is 182. The lowest BCUT2D eigenvalue weighted by atomic mass is 10.1. The molecule has 0 heterocycles. The first kappa shape index (κ1) is 16.7. The summed E-state index contributed by atoms with van der Waals surface area (Å²) in [5.41, 5.74) is 0. The number of halogens is 1. The van der Waals surface area contributed by atoms with Crippen LogP contribution in [0.5, 0.6) is 0 Å². The summed E-state index contributed by atoms with van der Waals surface area (Å²) in [6.07, 6.45) is 5.16. The number of carboxylic acid groups (broad SMARTS) is 1. The fourth-order valence-corrected chi connectivity index (χ4v) is 1.18. The van der Waals surface area contributed by atoms with Gasteiger partial charge in [0, 0.05) is 12.8 Å². The average molecular weight is 239 g/mol. The van der Waals surface area contributed by atoms with E-state index in [0.717, 1.165) is 32.1 Å². The number of carbonyl (C=O) groups is 2. The Labute approximate surface area is 96.4 Å². The van der Waals surface area contributed by atoms with E-state index in [-0.39, 0.29) is 24.8 Å².